The van der Waals surface area contributed by atoms with Crippen LogP contribution >= 0.6 is 0 Å². The van der Waals surface area contributed by atoms with Gasteiger partial charge in [0, 0.05) is 32.1 Å². The van der Waals surface area contributed by atoms with Gasteiger partial charge in [0.2, 0.25) is 11.8 Å². The molecule has 0 spiro atoms. The predicted molar refractivity (Wildman–Crippen MR) is 121 cm³/mol. The van der Waals surface area contributed by atoms with Gasteiger partial charge in [0.05, 0.1) is 24.2 Å². The first-order chi connectivity index (χ1) is 16.0. The van der Waals surface area contributed by atoms with E-state index >= 15 is 0 Å². The van der Waals surface area contributed by atoms with Crippen molar-refractivity contribution in [2.24, 2.45) is 0 Å². The highest BCUT2D eigenvalue weighted by molar-refractivity contribution is 6.21. The topological polar surface area (TPSA) is 96.0 Å². The third-order valence-electron chi connectivity index (χ3n) is 5.98. The summed E-state index contributed by atoms with van der Waals surface area (Å²) in [6.07, 6.45) is 1.71. The predicted octanol–water partition coefficient (Wildman–Crippen LogP) is 2.25. The van der Waals surface area contributed by atoms with Crippen LogP contribution in [0.3, 0.4) is 0 Å². The van der Waals surface area contributed by atoms with Crippen LogP contribution in [0.4, 0.5) is 0 Å². The largest absolute Gasteiger partial charge is 0.493 e. The lowest BCUT2D eigenvalue weighted by atomic mass is 10.0. The molecule has 2 heterocycles. The molecule has 2 aliphatic rings. The molecule has 0 aromatic heterocycles. The Labute approximate surface area is 192 Å². The Morgan fingerprint density at radius 2 is 1.48 bits per heavy atom. The van der Waals surface area contributed by atoms with Crippen molar-refractivity contribution in [1.29, 1.82) is 0 Å². The minimum atomic E-state index is -0.346. The highest BCUT2D eigenvalue weighted by Gasteiger charge is 2.35. The SMILES string of the molecule is O=C(CCOc1ccccc1)NC1CCN(C(=O)CCN2C(=O)c3ccccc3C2=O)CC1. The molecular formula is C25H27N3O5. The van der Waals surface area contributed by atoms with Gasteiger partial charge in [-0.25, -0.2) is 0 Å². The van der Waals surface area contributed by atoms with Gasteiger partial charge in [0.25, 0.3) is 11.8 Å². The molecule has 0 atom stereocenters. The molecule has 0 radical (unpaired) electrons. The van der Waals surface area contributed by atoms with Gasteiger partial charge in [-0.2, -0.15) is 0 Å². The first kappa shape index (κ1) is 22.5. The van der Waals surface area contributed by atoms with E-state index in [1.54, 1.807) is 29.2 Å². The Morgan fingerprint density at radius 3 is 2.12 bits per heavy atom. The number of nitrogens with one attached hydrogen (secondary N) is 1. The molecule has 2 aromatic rings. The number of para-hydroxylation sites is 1. The van der Waals surface area contributed by atoms with Crippen LogP contribution in [0, 0.1) is 0 Å². The molecule has 0 saturated carbocycles. The number of carbonyl (C=O) groups is 4. The van der Waals surface area contributed by atoms with E-state index in [0.29, 0.717) is 43.7 Å². The highest BCUT2D eigenvalue weighted by atomic mass is 16.5. The third kappa shape index (κ3) is 5.39. The summed E-state index contributed by atoms with van der Waals surface area (Å²) >= 11 is 0. The number of carbonyl (C=O) groups excluding carboxylic acids is 4. The van der Waals surface area contributed by atoms with Crippen molar-refractivity contribution < 1.29 is 23.9 Å². The average Bonchev–Trinajstić information content (AvgIpc) is 3.08. The van der Waals surface area contributed by atoms with E-state index in [-0.39, 0.29) is 49.1 Å². The smallest absolute Gasteiger partial charge is 0.261 e. The molecular weight excluding hydrogens is 422 g/mol. The number of piperidine rings is 1. The number of ether oxygens (including phenoxy) is 1. The number of benzene rings is 2. The summed E-state index contributed by atoms with van der Waals surface area (Å²) < 4.78 is 5.55. The molecule has 8 nitrogen and oxygen atoms in total. The van der Waals surface area contributed by atoms with Crippen LogP contribution in [-0.2, 0) is 9.59 Å². The van der Waals surface area contributed by atoms with E-state index in [1.165, 1.54) is 0 Å². The molecule has 1 N–H and O–H groups in total. The van der Waals surface area contributed by atoms with Crippen LogP contribution in [0.1, 0.15) is 46.4 Å². The summed E-state index contributed by atoms with van der Waals surface area (Å²) in [4.78, 5) is 52.5. The number of likely N-dealkylation sites (tertiary alicyclic amines) is 1. The number of fused-ring (bicyclic) bond motifs is 1. The molecule has 2 aromatic carbocycles. The summed E-state index contributed by atoms with van der Waals surface area (Å²) in [5.74, 6) is -0.116. The second kappa shape index (κ2) is 10.3. The van der Waals surface area contributed by atoms with Gasteiger partial charge in [-0.15, -0.1) is 0 Å². The summed E-state index contributed by atoms with van der Waals surface area (Å²) in [6, 6.07) is 16.1. The van der Waals surface area contributed by atoms with Crippen molar-refractivity contribution in [1.82, 2.24) is 15.1 Å². The maximum atomic E-state index is 12.6. The van der Waals surface area contributed by atoms with E-state index in [4.69, 9.17) is 4.74 Å². The minimum Gasteiger partial charge on any atom is -0.493 e. The number of nitrogens with zero attached hydrogens (tertiary/aromatic N) is 2. The molecule has 0 bridgehead atoms. The molecule has 1 saturated heterocycles. The fourth-order valence-corrected chi connectivity index (χ4v) is 4.16. The van der Waals surface area contributed by atoms with Crippen molar-refractivity contribution in [3.8, 4) is 5.75 Å². The summed E-state index contributed by atoms with van der Waals surface area (Å²) in [5.41, 5.74) is 0.779. The van der Waals surface area contributed by atoms with Gasteiger partial charge in [-0.05, 0) is 37.1 Å². The van der Waals surface area contributed by atoms with Gasteiger partial charge < -0.3 is 15.0 Å². The van der Waals surface area contributed by atoms with Gasteiger partial charge in [0.1, 0.15) is 5.75 Å². The van der Waals surface area contributed by atoms with Crippen LogP contribution in [-0.4, -0.2) is 65.7 Å². The molecule has 1 fully saturated rings. The lowest BCUT2D eigenvalue weighted by Crippen LogP contribution is -2.47. The second-order valence-electron chi connectivity index (χ2n) is 8.19. The standard InChI is InChI=1S/C25H27N3O5/c29-22(13-17-33-19-6-2-1-3-7-19)26-18-10-14-27(15-11-18)23(30)12-16-28-24(31)20-8-4-5-9-21(20)25(28)32/h1-9,18H,10-17H2,(H,26,29). The fourth-order valence-electron chi connectivity index (χ4n) is 4.16. The van der Waals surface area contributed by atoms with Crippen LogP contribution < -0.4 is 10.1 Å². The van der Waals surface area contributed by atoms with Crippen molar-refractivity contribution in [2.45, 2.75) is 31.7 Å². The molecule has 4 rings (SSSR count). The monoisotopic (exact) mass is 449 g/mol. The van der Waals surface area contributed by atoms with Gasteiger partial charge in [-0.1, -0.05) is 30.3 Å². The Bertz CT molecular complexity index is 996. The molecule has 0 unspecified atom stereocenters. The van der Waals surface area contributed by atoms with Crippen LogP contribution in [0.5, 0.6) is 5.75 Å². The van der Waals surface area contributed by atoms with Gasteiger partial charge in [-0.3, -0.25) is 24.1 Å². The number of rotatable bonds is 8. The zero-order valence-electron chi connectivity index (χ0n) is 18.4. The molecule has 4 amide bonds. The van der Waals surface area contributed by atoms with E-state index in [0.717, 1.165) is 10.6 Å². The summed E-state index contributed by atoms with van der Waals surface area (Å²) in [7, 11) is 0. The molecule has 33 heavy (non-hydrogen) atoms. The van der Waals surface area contributed by atoms with Gasteiger partial charge >= 0.3 is 0 Å². The van der Waals surface area contributed by atoms with Crippen LogP contribution in [0.25, 0.3) is 0 Å². The first-order valence-electron chi connectivity index (χ1n) is 11.2. The molecule has 2 aliphatic heterocycles. The average molecular weight is 450 g/mol. The van der Waals surface area contributed by atoms with E-state index < -0.39 is 0 Å². The van der Waals surface area contributed by atoms with Crippen LogP contribution in [0.2, 0.25) is 0 Å². The maximum absolute atomic E-state index is 12.6. The Kier molecular flexibility index (Phi) is 7.02. The zero-order chi connectivity index (χ0) is 23.2. The quantitative estimate of drug-likeness (QED) is 0.624. The number of hydrogen-bond acceptors (Lipinski definition) is 5. The lowest BCUT2D eigenvalue weighted by molar-refractivity contribution is -0.132. The van der Waals surface area contributed by atoms with Crippen molar-refractivity contribution in [3.05, 3.63) is 65.7 Å². The first-order valence-corrected chi connectivity index (χ1v) is 11.2. The van der Waals surface area contributed by atoms with Gasteiger partial charge in [0.15, 0.2) is 0 Å². The maximum Gasteiger partial charge on any atom is 0.261 e. The van der Waals surface area contributed by atoms with Crippen molar-refractivity contribution in [2.75, 3.05) is 26.2 Å². The Balaban J connectivity index is 1.15. The number of hydrogen-bond donors (Lipinski definition) is 1. The van der Waals surface area contributed by atoms with Crippen molar-refractivity contribution in [3.63, 3.8) is 0 Å². The van der Waals surface area contributed by atoms with E-state index in [1.807, 2.05) is 30.3 Å². The number of amides is 4. The van der Waals surface area contributed by atoms with E-state index in [9.17, 15) is 19.2 Å². The second-order valence-corrected chi connectivity index (χ2v) is 8.19. The molecule has 0 aliphatic carbocycles. The Hall–Kier alpha value is -3.68. The number of imide groups is 1. The fraction of sp³-hybridized carbons (Fsp3) is 0.360. The van der Waals surface area contributed by atoms with Crippen molar-refractivity contribution >= 4 is 23.6 Å². The van der Waals surface area contributed by atoms with E-state index in [2.05, 4.69) is 5.32 Å². The van der Waals surface area contributed by atoms with Crippen LogP contribution in [0.15, 0.2) is 54.6 Å². The molecule has 172 valence electrons. The highest BCUT2D eigenvalue weighted by Crippen LogP contribution is 2.23. The zero-order valence-corrected chi connectivity index (χ0v) is 18.4. The molecule has 8 heteroatoms. The lowest BCUT2D eigenvalue weighted by Gasteiger charge is -2.32. The summed E-state index contributed by atoms with van der Waals surface area (Å²) in [6.45, 7) is 1.45. The Morgan fingerprint density at radius 1 is 0.879 bits per heavy atom. The third-order valence-corrected chi connectivity index (χ3v) is 5.98. The minimum absolute atomic E-state index is 0.0227. The summed E-state index contributed by atoms with van der Waals surface area (Å²) in [5, 5.41) is 3.01. The normalized spacial score (nSPS) is 16.0.